The van der Waals surface area contributed by atoms with Crippen molar-refractivity contribution in [3.63, 3.8) is 0 Å². The first-order valence-corrected chi connectivity index (χ1v) is 9.87. The van der Waals surface area contributed by atoms with Gasteiger partial charge in [0.15, 0.2) is 9.84 Å². The molecule has 0 spiro atoms. The number of aromatic nitrogens is 1. The standard InChI is InChI=1S/C18H22N2O5S/c1-12-15(18(22)25-3)13(2)20-16(12)17(21)19-9-10-26(23,24)11-14-7-5-4-6-8-14/h4-8,20H,9-11H2,1-3H3,(H,19,21). The number of rotatable bonds is 7. The van der Waals surface area contributed by atoms with E-state index in [0.29, 0.717) is 22.4 Å². The van der Waals surface area contributed by atoms with Gasteiger partial charge in [0.25, 0.3) is 5.91 Å². The van der Waals surface area contributed by atoms with Crippen molar-refractivity contribution in [3.8, 4) is 0 Å². The van der Waals surface area contributed by atoms with Gasteiger partial charge in [0.1, 0.15) is 5.69 Å². The van der Waals surface area contributed by atoms with E-state index in [4.69, 9.17) is 4.74 Å². The molecule has 2 aromatic rings. The number of hydrogen-bond donors (Lipinski definition) is 2. The molecule has 2 rings (SSSR count). The Bertz CT molecular complexity index is 901. The largest absolute Gasteiger partial charge is 0.465 e. The van der Waals surface area contributed by atoms with Gasteiger partial charge in [-0.3, -0.25) is 4.79 Å². The van der Waals surface area contributed by atoms with Crippen LogP contribution in [0, 0.1) is 13.8 Å². The minimum atomic E-state index is -3.34. The number of nitrogens with one attached hydrogen (secondary N) is 2. The molecule has 1 heterocycles. The summed E-state index contributed by atoms with van der Waals surface area (Å²) in [5.74, 6) is -1.23. The van der Waals surface area contributed by atoms with E-state index < -0.39 is 21.7 Å². The first-order chi connectivity index (χ1) is 12.2. The van der Waals surface area contributed by atoms with Crippen LogP contribution in [0.25, 0.3) is 0 Å². The van der Waals surface area contributed by atoms with Gasteiger partial charge >= 0.3 is 5.97 Å². The summed E-state index contributed by atoms with van der Waals surface area (Å²) in [5, 5.41) is 2.58. The van der Waals surface area contributed by atoms with E-state index in [1.165, 1.54) is 7.11 Å². The molecule has 0 unspecified atom stereocenters. The Kier molecular flexibility index (Phi) is 6.20. The number of hydrogen-bond acceptors (Lipinski definition) is 5. The zero-order chi connectivity index (χ0) is 19.3. The van der Waals surface area contributed by atoms with Crippen molar-refractivity contribution in [2.24, 2.45) is 0 Å². The number of ether oxygens (including phenoxy) is 1. The SMILES string of the molecule is COC(=O)c1c(C)[nH]c(C(=O)NCCS(=O)(=O)Cc2ccccc2)c1C. The molecule has 0 radical (unpaired) electrons. The molecule has 7 nitrogen and oxygen atoms in total. The van der Waals surface area contributed by atoms with Crippen LogP contribution in [-0.4, -0.2) is 44.7 Å². The van der Waals surface area contributed by atoms with E-state index in [0.717, 1.165) is 0 Å². The Hall–Kier alpha value is -2.61. The number of amides is 1. The van der Waals surface area contributed by atoms with Crippen LogP contribution in [0.1, 0.15) is 37.7 Å². The Morgan fingerprint density at radius 3 is 2.42 bits per heavy atom. The summed E-state index contributed by atoms with van der Waals surface area (Å²) in [6.07, 6.45) is 0. The summed E-state index contributed by atoms with van der Waals surface area (Å²) in [4.78, 5) is 26.9. The average Bonchev–Trinajstić information content (AvgIpc) is 2.89. The zero-order valence-corrected chi connectivity index (χ0v) is 15.8. The van der Waals surface area contributed by atoms with Gasteiger partial charge < -0.3 is 15.0 Å². The number of esters is 1. The molecule has 0 fully saturated rings. The number of sulfone groups is 1. The maximum Gasteiger partial charge on any atom is 0.339 e. The highest BCUT2D eigenvalue weighted by atomic mass is 32.2. The van der Waals surface area contributed by atoms with E-state index in [9.17, 15) is 18.0 Å². The van der Waals surface area contributed by atoms with Gasteiger partial charge in [0.05, 0.1) is 24.2 Å². The summed E-state index contributed by atoms with van der Waals surface area (Å²) in [6, 6.07) is 8.87. The van der Waals surface area contributed by atoms with Gasteiger partial charge in [-0.2, -0.15) is 0 Å². The second kappa shape index (κ2) is 8.18. The number of aryl methyl sites for hydroxylation is 1. The van der Waals surface area contributed by atoms with Crippen LogP contribution in [0.4, 0.5) is 0 Å². The second-order valence-electron chi connectivity index (χ2n) is 5.95. The first kappa shape index (κ1) is 19.7. The molecule has 1 aromatic carbocycles. The summed E-state index contributed by atoms with van der Waals surface area (Å²) in [7, 11) is -2.07. The highest BCUT2D eigenvalue weighted by molar-refractivity contribution is 7.90. The van der Waals surface area contributed by atoms with Gasteiger partial charge in [-0.1, -0.05) is 30.3 Å². The van der Waals surface area contributed by atoms with Crippen molar-refractivity contribution in [1.29, 1.82) is 0 Å². The van der Waals surface area contributed by atoms with Gasteiger partial charge in [-0.05, 0) is 25.0 Å². The zero-order valence-electron chi connectivity index (χ0n) is 15.0. The average molecular weight is 378 g/mol. The predicted molar refractivity (Wildman–Crippen MR) is 97.9 cm³/mol. The smallest absolute Gasteiger partial charge is 0.339 e. The van der Waals surface area contributed by atoms with Crippen molar-refractivity contribution in [2.45, 2.75) is 19.6 Å². The lowest BCUT2D eigenvalue weighted by molar-refractivity contribution is 0.0599. The lowest BCUT2D eigenvalue weighted by Crippen LogP contribution is -2.30. The second-order valence-corrected chi connectivity index (χ2v) is 8.13. The van der Waals surface area contributed by atoms with Crippen LogP contribution in [0.5, 0.6) is 0 Å². The minimum absolute atomic E-state index is 0.0148. The van der Waals surface area contributed by atoms with Gasteiger partial charge in [0, 0.05) is 12.2 Å². The molecule has 0 saturated heterocycles. The summed E-state index contributed by atoms with van der Waals surface area (Å²) >= 11 is 0. The molecule has 0 bridgehead atoms. The van der Waals surface area contributed by atoms with E-state index in [-0.39, 0.29) is 23.7 Å². The molecule has 140 valence electrons. The van der Waals surface area contributed by atoms with Crippen LogP contribution in [-0.2, 0) is 20.3 Å². The van der Waals surface area contributed by atoms with Crippen molar-refractivity contribution < 1.29 is 22.7 Å². The molecular weight excluding hydrogens is 356 g/mol. The number of carbonyl (C=O) groups excluding carboxylic acids is 2. The predicted octanol–water partition coefficient (Wildman–Crippen LogP) is 1.76. The molecule has 1 amide bonds. The van der Waals surface area contributed by atoms with Crippen molar-refractivity contribution >= 4 is 21.7 Å². The van der Waals surface area contributed by atoms with Crippen LogP contribution in [0.15, 0.2) is 30.3 Å². The van der Waals surface area contributed by atoms with Crippen LogP contribution < -0.4 is 5.32 Å². The Morgan fingerprint density at radius 2 is 1.81 bits per heavy atom. The molecular formula is C18H22N2O5S. The van der Waals surface area contributed by atoms with E-state index in [1.807, 2.05) is 6.07 Å². The summed E-state index contributed by atoms with van der Waals surface area (Å²) < 4.78 is 29.0. The molecule has 0 atom stereocenters. The fourth-order valence-electron chi connectivity index (χ4n) is 2.69. The van der Waals surface area contributed by atoms with Gasteiger partial charge in [0.2, 0.25) is 0 Å². The molecule has 8 heteroatoms. The number of carbonyl (C=O) groups is 2. The highest BCUT2D eigenvalue weighted by Crippen LogP contribution is 2.18. The van der Waals surface area contributed by atoms with Gasteiger partial charge in [-0.25, -0.2) is 13.2 Å². The molecule has 0 aliphatic rings. The molecule has 2 N–H and O–H groups in total. The van der Waals surface area contributed by atoms with Crippen LogP contribution >= 0.6 is 0 Å². The third-order valence-electron chi connectivity index (χ3n) is 3.98. The van der Waals surface area contributed by atoms with Crippen LogP contribution in [0.2, 0.25) is 0 Å². The molecule has 0 aliphatic carbocycles. The van der Waals surface area contributed by atoms with E-state index in [2.05, 4.69) is 10.3 Å². The Morgan fingerprint density at radius 1 is 1.15 bits per heavy atom. The van der Waals surface area contributed by atoms with Crippen molar-refractivity contribution in [3.05, 3.63) is 58.4 Å². The lowest BCUT2D eigenvalue weighted by Gasteiger charge is -2.07. The molecule has 0 saturated carbocycles. The Balaban J connectivity index is 1.98. The maximum absolute atomic E-state index is 12.3. The third-order valence-corrected chi connectivity index (χ3v) is 5.58. The first-order valence-electron chi connectivity index (χ1n) is 8.05. The molecule has 26 heavy (non-hydrogen) atoms. The summed E-state index contributed by atoms with van der Waals surface area (Å²) in [5.41, 5.74) is 2.24. The van der Waals surface area contributed by atoms with E-state index >= 15 is 0 Å². The quantitative estimate of drug-likeness (QED) is 0.714. The molecule has 1 aromatic heterocycles. The van der Waals surface area contributed by atoms with Crippen molar-refractivity contribution in [1.82, 2.24) is 10.3 Å². The number of methoxy groups -OCH3 is 1. The van der Waals surface area contributed by atoms with Crippen molar-refractivity contribution in [2.75, 3.05) is 19.4 Å². The fourth-order valence-corrected chi connectivity index (χ4v) is 3.95. The minimum Gasteiger partial charge on any atom is -0.465 e. The summed E-state index contributed by atoms with van der Waals surface area (Å²) in [6.45, 7) is 3.29. The lowest BCUT2D eigenvalue weighted by atomic mass is 10.1. The topological polar surface area (TPSA) is 105 Å². The maximum atomic E-state index is 12.3. The monoisotopic (exact) mass is 378 g/mol. The highest BCUT2D eigenvalue weighted by Gasteiger charge is 2.22. The van der Waals surface area contributed by atoms with E-state index in [1.54, 1.807) is 38.1 Å². The van der Waals surface area contributed by atoms with Gasteiger partial charge in [-0.15, -0.1) is 0 Å². The van der Waals surface area contributed by atoms with Crippen LogP contribution in [0.3, 0.4) is 0 Å². The number of aromatic amines is 1. The number of benzene rings is 1. The third kappa shape index (κ3) is 4.72. The Labute approximate surface area is 152 Å². The number of H-pyrrole nitrogens is 1. The molecule has 0 aliphatic heterocycles. The normalized spacial score (nSPS) is 11.2. The fraction of sp³-hybridized carbons (Fsp3) is 0.333.